The number of carbonyl (C=O) groups excluding carboxylic acids is 2. The maximum Gasteiger partial charge on any atom is 0.251 e. The Kier molecular flexibility index (Phi) is 5.05. The van der Waals surface area contributed by atoms with Gasteiger partial charge in [0.15, 0.2) is 5.13 Å². The van der Waals surface area contributed by atoms with Gasteiger partial charge in [-0.05, 0) is 25.5 Å². The molecule has 0 saturated carbocycles. The summed E-state index contributed by atoms with van der Waals surface area (Å²) in [7, 11) is 0. The van der Waals surface area contributed by atoms with Crippen molar-refractivity contribution in [1.29, 1.82) is 0 Å². The predicted octanol–water partition coefficient (Wildman–Crippen LogP) is 2.52. The Morgan fingerprint density at radius 3 is 2.67 bits per heavy atom. The number of amides is 2. The number of thiazole rings is 1. The van der Waals surface area contributed by atoms with Crippen molar-refractivity contribution < 1.29 is 9.59 Å². The Morgan fingerprint density at radius 1 is 1.24 bits per heavy atom. The average Bonchev–Trinajstić information content (AvgIpc) is 2.84. The first-order valence-electron chi connectivity index (χ1n) is 6.62. The van der Waals surface area contributed by atoms with Crippen molar-refractivity contribution in [3.63, 3.8) is 0 Å². The van der Waals surface area contributed by atoms with Crippen LogP contribution >= 0.6 is 11.3 Å². The number of aromatic nitrogens is 1. The van der Waals surface area contributed by atoms with E-state index < -0.39 is 0 Å². The molecular formula is C15H17N3O2S. The molecule has 0 aliphatic carbocycles. The number of nitrogens with one attached hydrogen (secondary N) is 2. The van der Waals surface area contributed by atoms with Gasteiger partial charge in [0.1, 0.15) is 0 Å². The number of anilines is 1. The Bertz CT molecular complexity index is 652. The van der Waals surface area contributed by atoms with E-state index in [0.717, 1.165) is 11.3 Å². The molecule has 1 heterocycles. The lowest BCUT2D eigenvalue weighted by molar-refractivity contribution is -0.116. The van der Waals surface area contributed by atoms with Gasteiger partial charge in [0.05, 0.1) is 5.69 Å². The van der Waals surface area contributed by atoms with Crippen molar-refractivity contribution in [1.82, 2.24) is 10.3 Å². The largest absolute Gasteiger partial charge is 0.352 e. The third-order valence-corrected chi connectivity index (χ3v) is 3.77. The van der Waals surface area contributed by atoms with E-state index in [1.54, 1.807) is 6.07 Å². The van der Waals surface area contributed by atoms with Crippen LogP contribution in [-0.4, -0.2) is 23.3 Å². The van der Waals surface area contributed by atoms with Crippen LogP contribution in [0.5, 0.6) is 0 Å². The normalized spacial score (nSPS) is 10.2. The zero-order valence-electron chi connectivity index (χ0n) is 12.0. The fourth-order valence-corrected chi connectivity index (χ4v) is 2.51. The van der Waals surface area contributed by atoms with Gasteiger partial charge in [0.2, 0.25) is 5.91 Å². The highest BCUT2D eigenvalue weighted by atomic mass is 32.1. The molecule has 2 N–H and O–H groups in total. The second-order valence-electron chi connectivity index (χ2n) is 4.66. The molecular weight excluding hydrogens is 286 g/mol. The molecule has 0 bridgehead atoms. The zero-order chi connectivity index (χ0) is 15.2. The summed E-state index contributed by atoms with van der Waals surface area (Å²) in [5.41, 5.74) is 2.43. The molecule has 110 valence electrons. The lowest BCUT2D eigenvalue weighted by atomic mass is 10.1. The summed E-state index contributed by atoms with van der Waals surface area (Å²) in [5, 5.41) is 7.91. The number of hydrogen-bond acceptors (Lipinski definition) is 4. The highest BCUT2D eigenvalue weighted by Gasteiger charge is 2.09. The van der Waals surface area contributed by atoms with Gasteiger partial charge >= 0.3 is 0 Å². The van der Waals surface area contributed by atoms with Crippen LogP contribution in [0.15, 0.2) is 29.6 Å². The van der Waals surface area contributed by atoms with Crippen molar-refractivity contribution in [3.05, 3.63) is 46.5 Å². The van der Waals surface area contributed by atoms with E-state index in [2.05, 4.69) is 15.6 Å². The van der Waals surface area contributed by atoms with Crippen LogP contribution in [0.1, 0.15) is 28.0 Å². The van der Waals surface area contributed by atoms with Crippen molar-refractivity contribution in [2.45, 2.75) is 20.3 Å². The number of carbonyl (C=O) groups is 2. The van der Waals surface area contributed by atoms with E-state index in [4.69, 9.17) is 0 Å². The van der Waals surface area contributed by atoms with E-state index in [9.17, 15) is 9.59 Å². The van der Waals surface area contributed by atoms with E-state index in [-0.39, 0.29) is 18.2 Å². The lowest BCUT2D eigenvalue weighted by Crippen LogP contribution is -2.28. The minimum atomic E-state index is -0.161. The molecule has 2 rings (SSSR count). The SMILES string of the molecule is Cc1csc(NC(=O)CCNC(=O)c2ccccc2C)n1. The molecule has 0 unspecified atom stereocenters. The van der Waals surface area contributed by atoms with E-state index in [0.29, 0.717) is 17.2 Å². The number of benzene rings is 1. The molecule has 6 heteroatoms. The maximum absolute atomic E-state index is 12.0. The summed E-state index contributed by atoms with van der Waals surface area (Å²) in [6.07, 6.45) is 0.219. The standard InChI is InChI=1S/C15H17N3O2S/c1-10-5-3-4-6-12(10)14(20)16-8-7-13(19)18-15-17-11(2)9-21-15/h3-6,9H,7-8H2,1-2H3,(H,16,20)(H,17,18,19). The first-order valence-corrected chi connectivity index (χ1v) is 7.50. The molecule has 0 aliphatic rings. The van der Waals surface area contributed by atoms with Crippen molar-refractivity contribution in [2.24, 2.45) is 0 Å². The van der Waals surface area contributed by atoms with Gasteiger partial charge in [-0.25, -0.2) is 4.98 Å². The van der Waals surface area contributed by atoms with Gasteiger partial charge in [-0.3, -0.25) is 9.59 Å². The number of nitrogens with zero attached hydrogens (tertiary/aromatic N) is 1. The molecule has 21 heavy (non-hydrogen) atoms. The summed E-state index contributed by atoms with van der Waals surface area (Å²) < 4.78 is 0. The molecule has 0 spiro atoms. The smallest absolute Gasteiger partial charge is 0.251 e. The summed E-state index contributed by atoms with van der Waals surface area (Å²) in [6, 6.07) is 7.35. The number of aryl methyl sites for hydroxylation is 2. The predicted molar refractivity (Wildman–Crippen MR) is 83.6 cm³/mol. The Hall–Kier alpha value is -2.21. The second-order valence-corrected chi connectivity index (χ2v) is 5.52. The van der Waals surface area contributed by atoms with E-state index in [1.807, 2.05) is 37.4 Å². The van der Waals surface area contributed by atoms with Crippen LogP contribution in [0.4, 0.5) is 5.13 Å². The van der Waals surface area contributed by atoms with Gasteiger partial charge in [0.25, 0.3) is 5.91 Å². The van der Waals surface area contributed by atoms with Gasteiger partial charge in [-0.15, -0.1) is 11.3 Å². The first kappa shape index (κ1) is 15.2. The molecule has 0 saturated heterocycles. The lowest BCUT2D eigenvalue weighted by Gasteiger charge is -2.07. The summed E-state index contributed by atoms with van der Waals surface area (Å²) >= 11 is 1.39. The third-order valence-electron chi connectivity index (χ3n) is 2.89. The van der Waals surface area contributed by atoms with Crippen LogP contribution in [0.3, 0.4) is 0 Å². The third kappa shape index (κ3) is 4.39. The van der Waals surface area contributed by atoms with Crippen LogP contribution in [0.2, 0.25) is 0 Å². The monoisotopic (exact) mass is 303 g/mol. The molecule has 5 nitrogen and oxygen atoms in total. The van der Waals surface area contributed by atoms with Crippen LogP contribution in [-0.2, 0) is 4.79 Å². The average molecular weight is 303 g/mol. The molecule has 0 radical (unpaired) electrons. The molecule has 1 aromatic carbocycles. The van der Waals surface area contributed by atoms with Gasteiger partial charge in [-0.1, -0.05) is 18.2 Å². The first-order chi connectivity index (χ1) is 10.1. The van der Waals surface area contributed by atoms with Crippen LogP contribution < -0.4 is 10.6 Å². The van der Waals surface area contributed by atoms with Crippen molar-refractivity contribution in [2.75, 3.05) is 11.9 Å². The van der Waals surface area contributed by atoms with Crippen molar-refractivity contribution in [3.8, 4) is 0 Å². The maximum atomic E-state index is 12.0. The summed E-state index contributed by atoms with van der Waals surface area (Å²) in [6.45, 7) is 4.05. The second kappa shape index (κ2) is 6.99. The molecule has 0 aliphatic heterocycles. The molecule has 2 amide bonds. The Balaban J connectivity index is 1.77. The fraction of sp³-hybridized carbons (Fsp3) is 0.267. The number of rotatable bonds is 5. The topological polar surface area (TPSA) is 71.1 Å². The van der Waals surface area contributed by atoms with E-state index >= 15 is 0 Å². The fourth-order valence-electron chi connectivity index (χ4n) is 1.81. The van der Waals surface area contributed by atoms with Crippen LogP contribution in [0, 0.1) is 13.8 Å². The van der Waals surface area contributed by atoms with Gasteiger partial charge in [-0.2, -0.15) is 0 Å². The molecule has 2 aromatic rings. The quantitative estimate of drug-likeness (QED) is 0.891. The highest BCUT2D eigenvalue weighted by molar-refractivity contribution is 7.13. The number of hydrogen-bond donors (Lipinski definition) is 2. The van der Waals surface area contributed by atoms with Crippen LogP contribution in [0.25, 0.3) is 0 Å². The molecule has 1 aromatic heterocycles. The van der Waals surface area contributed by atoms with Gasteiger partial charge < -0.3 is 10.6 Å². The highest BCUT2D eigenvalue weighted by Crippen LogP contribution is 2.14. The minimum Gasteiger partial charge on any atom is -0.352 e. The zero-order valence-corrected chi connectivity index (χ0v) is 12.8. The molecule has 0 atom stereocenters. The Labute approximate surface area is 127 Å². The summed E-state index contributed by atoms with van der Waals surface area (Å²) in [4.78, 5) is 27.8. The van der Waals surface area contributed by atoms with Crippen molar-refractivity contribution >= 4 is 28.3 Å². The Morgan fingerprint density at radius 2 is 2.00 bits per heavy atom. The molecule has 0 fully saturated rings. The minimum absolute atomic E-state index is 0.158. The van der Waals surface area contributed by atoms with E-state index in [1.165, 1.54) is 11.3 Å². The summed E-state index contributed by atoms with van der Waals surface area (Å²) in [5.74, 6) is -0.319. The van der Waals surface area contributed by atoms with Gasteiger partial charge in [0, 0.05) is 23.9 Å².